The standard InChI is InChI=1S/C22H26N2O3/c1-15-8-10-20(27-3)18(12-15)14-24(2)21(25)11-9-17-13-16-6-4-5-7-19(16)23-22(17)26/h4-8,10,12,17H,9,11,13-14H2,1-3H3,(H,23,26). The van der Waals surface area contributed by atoms with Crippen LogP contribution in [-0.2, 0) is 22.6 Å². The fourth-order valence-corrected chi connectivity index (χ4v) is 3.51. The summed E-state index contributed by atoms with van der Waals surface area (Å²) in [6, 6.07) is 13.8. The third-order valence-corrected chi connectivity index (χ3v) is 5.09. The van der Waals surface area contributed by atoms with Crippen molar-refractivity contribution in [1.82, 2.24) is 4.90 Å². The molecule has 3 rings (SSSR count). The first-order valence-electron chi connectivity index (χ1n) is 9.24. The fourth-order valence-electron chi connectivity index (χ4n) is 3.51. The molecule has 1 aliphatic heterocycles. The molecule has 1 heterocycles. The van der Waals surface area contributed by atoms with Gasteiger partial charge < -0.3 is 15.0 Å². The lowest BCUT2D eigenvalue weighted by Crippen LogP contribution is -2.32. The average molecular weight is 366 g/mol. The van der Waals surface area contributed by atoms with Gasteiger partial charge in [-0.1, -0.05) is 35.9 Å². The van der Waals surface area contributed by atoms with Gasteiger partial charge in [-0.2, -0.15) is 0 Å². The van der Waals surface area contributed by atoms with E-state index in [1.807, 2.05) is 49.4 Å². The van der Waals surface area contributed by atoms with Crippen LogP contribution in [0, 0.1) is 12.8 Å². The Hall–Kier alpha value is -2.82. The molecule has 0 bridgehead atoms. The molecular formula is C22H26N2O3. The molecule has 0 radical (unpaired) electrons. The number of methoxy groups -OCH3 is 1. The maximum Gasteiger partial charge on any atom is 0.227 e. The van der Waals surface area contributed by atoms with Gasteiger partial charge in [0, 0.05) is 37.2 Å². The zero-order valence-corrected chi connectivity index (χ0v) is 16.1. The summed E-state index contributed by atoms with van der Waals surface area (Å²) in [4.78, 5) is 26.6. The van der Waals surface area contributed by atoms with Gasteiger partial charge >= 0.3 is 0 Å². The van der Waals surface area contributed by atoms with Gasteiger partial charge in [-0.05, 0) is 37.5 Å². The smallest absolute Gasteiger partial charge is 0.227 e. The Morgan fingerprint density at radius 2 is 2.04 bits per heavy atom. The van der Waals surface area contributed by atoms with Gasteiger partial charge in [0.15, 0.2) is 0 Å². The lowest BCUT2D eigenvalue weighted by Gasteiger charge is -2.25. The number of ether oxygens (including phenoxy) is 1. The van der Waals surface area contributed by atoms with Crippen molar-refractivity contribution < 1.29 is 14.3 Å². The molecule has 27 heavy (non-hydrogen) atoms. The first kappa shape index (κ1) is 19.0. The third kappa shape index (κ3) is 4.48. The summed E-state index contributed by atoms with van der Waals surface area (Å²) in [6.45, 7) is 2.51. The summed E-state index contributed by atoms with van der Waals surface area (Å²) in [7, 11) is 3.43. The predicted molar refractivity (Wildman–Crippen MR) is 106 cm³/mol. The predicted octanol–water partition coefficient (Wildman–Crippen LogP) is 3.55. The first-order chi connectivity index (χ1) is 13.0. The Morgan fingerprint density at radius 1 is 1.26 bits per heavy atom. The Morgan fingerprint density at radius 3 is 2.81 bits per heavy atom. The average Bonchev–Trinajstić information content (AvgIpc) is 2.66. The van der Waals surface area contributed by atoms with Crippen molar-refractivity contribution in [2.45, 2.75) is 32.7 Å². The number of fused-ring (bicyclic) bond motifs is 1. The molecule has 2 aromatic rings. The van der Waals surface area contributed by atoms with Crippen LogP contribution in [-0.4, -0.2) is 30.9 Å². The van der Waals surface area contributed by atoms with E-state index in [9.17, 15) is 9.59 Å². The van der Waals surface area contributed by atoms with Crippen LogP contribution in [0.3, 0.4) is 0 Å². The van der Waals surface area contributed by atoms with Crippen LogP contribution in [0.2, 0.25) is 0 Å². The van der Waals surface area contributed by atoms with E-state index in [1.165, 1.54) is 0 Å². The van der Waals surface area contributed by atoms with E-state index in [2.05, 4.69) is 5.32 Å². The molecule has 0 aliphatic carbocycles. The Bertz CT molecular complexity index is 847. The second-order valence-electron chi connectivity index (χ2n) is 7.15. The summed E-state index contributed by atoms with van der Waals surface area (Å²) < 4.78 is 5.39. The number of para-hydroxylation sites is 1. The molecule has 5 heteroatoms. The van der Waals surface area contributed by atoms with E-state index in [0.29, 0.717) is 25.8 Å². The summed E-state index contributed by atoms with van der Waals surface area (Å²) in [5.74, 6) is 0.656. The zero-order valence-electron chi connectivity index (χ0n) is 16.1. The van der Waals surface area contributed by atoms with Crippen LogP contribution in [0.25, 0.3) is 0 Å². The molecule has 2 amide bonds. The van der Waals surface area contributed by atoms with Crippen LogP contribution >= 0.6 is 0 Å². The van der Waals surface area contributed by atoms with Crippen molar-refractivity contribution in [2.24, 2.45) is 5.92 Å². The number of carbonyl (C=O) groups excluding carboxylic acids is 2. The van der Waals surface area contributed by atoms with E-state index < -0.39 is 0 Å². The third-order valence-electron chi connectivity index (χ3n) is 5.09. The normalized spacial score (nSPS) is 15.7. The van der Waals surface area contributed by atoms with E-state index in [0.717, 1.165) is 28.1 Å². The number of amides is 2. The van der Waals surface area contributed by atoms with E-state index in [1.54, 1.807) is 19.1 Å². The van der Waals surface area contributed by atoms with Crippen LogP contribution in [0.1, 0.15) is 29.5 Å². The lowest BCUT2D eigenvalue weighted by molar-refractivity contribution is -0.131. The summed E-state index contributed by atoms with van der Waals surface area (Å²) in [6.07, 6.45) is 1.59. The van der Waals surface area contributed by atoms with E-state index in [4.69, 9.17) is 4.74 Å². The molecule has 1 atom stereocenters. The number of nitrogens with one attached hydrogen (secondary N) is 1. The van der Waals surface area contributed by atoms with Crippen molar-refractivity contribution in [1.29, 1.82) is 0 Å². The molecule has 0 fully saturated rings. The minimum atomic E-state index is -0.161. The lowest BCUT2D eigenvalue weighted by atomic mass is 9.89. The molecule has 1 N–H and O–H groups in total. The molecular weight excluding hydrogens is 340 g/mol. The highest BCUT2D eigenvalue weighted by molar-refractivity contribution is 5.96. The Labute approximate surface area is 160 Å². The van der Waals surface area contributed by atoms with Crippen molar-refractivity contribution in [3.05, 3.63) is 59.2 Å². The number of hydrogen-bond donors (Lipinski definition) is 1. The minimum Gasteiger partial charge on any atom is -0.496 e. The molecule has 142 valence electrons. The van der Waals surface area contributed by atoms with Gasteiger partial charge in [0.05, 0.1) is 7.11 Å². The highest BCUT2D eigenvalue weighted by atomic mass is 16.5. The van der Waals surface area contributed by atoms with E-state index in [-0.39, 0.29) is 17.7 Å². The number of nitrogens with zero attached hydrogens (tertiary/aromatic N) is 1. The van der Waals surface area contributed by atoms with Gasteiger partial charge in [0.1, 0.15) is 5.75 Å². The molecule has 5 nitrogen and oxygen atoms in total. The van der Waals surface area contributed by atoms with Crippen molar-refractivity contribution >= 4 is 17.5 Å². The number of hydrogen-bond acceptors (Lipinski definition) is 3. The van der Waals surface area contributed by atoms with Gasteiger partial charge in [-0.3, -0.25) is 9.59 Å². The summed E-state index contributed by atoms with van der Waals surface area (Å²) in [5.41, 5.74) is 4.13. The van der Waals surface area contributed by atoms with Crippen LogP contribution < -0.4 is 10.1 Å². The zero-order chi connectivity index (χ0) is 19.4. The van der Waals surface area contributed by atoms with Crippen LogP contribution in [0.4, 0.5) is 5.69 Å². The largest absolute Gasteiger partial charge is 0.496 e. The number of anilines is 1. The molecule has 0 saturated heterocycles. The van der Waals surface area contributed by atoms with Crippen molar-refractivity contribution in [3.63, 3.8) is 0 Å². The highest BCUT2D eigenvalue weighted by Crippen LogP contribution is 2.28. The minimum absolute atomic E-state index is 0.00417. The number of aryl methyl sites for hydroxylation is 1. The maximum atomic E-state index is 12.6. The SMILES string of the molecule is COc1ccc(C)cc1CN(C)C(=O)CCC1Cc2ccccc2NC1=O. The number of carbonyl (C=O) groups is 2. The molecule has 0 saturated carbocycles. The quantitative estimate of drug-likeness (QED) is 0.850. The summed E-state index contributed by atoms with van der Waals surface area (Å²) in [5, 5.41) is 2.94. The Balaban J connectivity index is 1.58. The number of benzene rings is 2. The van der Waals surface area contributed by atoms with Gasteiger partial charge in [-0.15, -0.1) is 0 Å². The van der Waals surface area contributed by atoms with Gasteiger partial charge in [0.25, 0.3) is 0 Å². The van der Waals surface area contributed by atoms with Gasteiger partial charge in [-0.25, -0.2) is 0 Å². The topological polar surface area (TPSA) is 58.6 Å². The van der Waals surface area contributed by atoms with Crippen LogP contribution in [0.5, 0.6) is 5.75 Å². The maximum absolute atomic E-state index is 12.6. The first-order valence-corrected chi connectivity index (χ1v) is 9.24. The molecule has 1 aliphatic rings. The molecule has 1 unspecified atom stereocenters. The summed E-state index contributed by atoms with van der Waals surface area (Å²) >= 11 is 0. The van der Waals surface area contributed by atoms with Crippen molar-refractivity contribution in [3.8, 4) is 5.75 Å². The van der Waals surface area contributed by atoms with Crippen molar-refractivity contribution in [2.75, 3.05) is 19.5 Å². The van der Waals surface area contributed by atoms with Gasteiger partial charge in [0.2, 0.25) is 11.8 Å². The number of rotatable bonds is 6. The Kier molecular flexibility index (Phi) is 5.79. The second-order valence-corrected chi connectivity index (χ2v) is 7.15. The van der Waals surface area contributed by atoms with Crippen LogP contribution in [0.15, 0.2) is 42.5 Å². The second kappa shape index (κ2) is 8.25. The molecule has 2 aromatic carbocycles. The molecule has 0 spiro atoms. The molecule has 0 aromatic heterocycles. The van der Waals surface area contributed by atoms with E-state index >= 15 is 0 Å². The monoisotopic (exact) mass is 366 g/mol. The highest BCUT2D eigenvalue weighted by Gasteiger charge is 2.26. The fraction of sp³-hybridized carbons (Fsp3) is 0.364.